The highest BCUT2D eigenvalue weighted by molar-refractivity contribution is 9.10. The van der Waals surface area contributed by atoms with Crippen LogP contribution < -0.4 is 10.1 Å². The van der Waals surface area contributed by atoms with Gasteiger partial charge in [0.1, 0.15) is 24.2 Å². The van der Waals surface area contributed by atoms with Crippen molar-refractivity contribution < 1.29 is 14.3 Å². The largest absolute Gasteiger partial charge is 0.488 e. The van der Waals surface area contributed by atoms with Crippen LogP contribution in [0.1, 0.15) is 23.0 Å². The summed E-state index contributed by atoms with van der Waals surface area (Å²) < 4.78 is 11.9. The van der Waals surface area contributed by atoms with E-state index >= 15 is 0 Å². The third-order valence-electron chi connectivity index (χ3n) is 3.77. The quantitative estimate of drug-likeness (QED) is 0.585. The first-order chi connectivity index (χ1) is 12.2. The number of aliphatic hydroxyl groups is 1. The molecule has 0 fully saturated rings. The predicted molar refractivity (Wildman–Crippen MR) is 100 cm³/mol. The molecule has 0 spiro atoms. The summed E-state index contributed by atoms with van der Waals surface area (Å²) in [5, 5.41) is 13.2. The number of hydrogen-bond acceptors (Lipinski definition) is 4. The van der Waals surface area contributed by atoms with Crippen molar-refractivity contribution >= 4 is 15.9 Å². The summed E-state index contributed by atoms with van der Waals surface area (Å²) in [4.78, 5) is 0. The molecule has 130 valence electrons. The summed E-state index contributed by atoms with van der Waals surface area (Å²) in [7, 11) is 0. The molecule has 0 aliphatic rings. The molecule has 0 radical (unpaired) electrons. The van der Waals surface area contributed by atoms with Crippen LogP contribution in [0.3, 0.4) is 0 Å². The molecular weight excluding hydrogens is 382 g/mol. The van der Waals surface area contributed by atoms with Gasteiger partial charge >= 0.3 is 0 Å². The van der Waals surface area contributed by atoms with Crippen molar-refractivity contribution in [3.05, 3.63) is 88.3 Å². The van der Waals surface area contributed by atoms with Crippen LogP contribution in [0.4, 0.5) is 0 Å². The number of rotatable bonds is 8. The van der Waals surface area contributed by atoms with Gasteiger partial charge in [-0.25, -0.2) is 0 Å². The first kappa shape index (κ1) is 17.7. The van der Waals surface area contributed by atoms with E-state index in [0.717, 1.165) is 21.3 Å². The van der Waals surface area contributed by atoms with Crippen LogP contribution in [-0.4, -0.2) is 11.7 Å². The molecule has 0 aliphatic carbocycles. The fourth-order valence-corrected chi connectivity index (χ4v) is 2.98. The molecule has 1 atom stereocenters. The van der Waals surface area contributed by atoms with Crippen LogP contribution in [0.15, 0.2) is 75.8 Å². The Morgan fingerprint density at radius 2 is 1.88 bits per heavy atom. The summed E-state index contributed by atoms with van der Waals surface area (Å²) in [6.45, 7) is 1.61. The van der Waals surface area contributed by atoms with Crippen LogP contribution in [0.25, 0.3) is 0 Å². The fourth-order valence-electron chi connectivity index (χ4n) is 2.44. The van der Waals surface area contributed by atoms with Crippen molar-refractivity contribution in [1.29, 1.82) is 0 Å². The van der Waals surface area contributed by atoms with Crippen molar-refractivity contribution in [2.75, 3.05) is 6.54 Å². The lowest BCUT2D eigenvalue weighted by Crippen LogP contribution is -2.20. The lowest BCUT2D eigenvalue weighted by Gasteiger charge is -2.12. The van der Waals surface area contributed by atoms with Gasteiger partial charge < -0.3 is 19.6 Å². The van der Waals surface area contributed by atoms with Crippen molar-refractivity contribution in [3.8, 4) is 5.75 Å². The molecule has 0 amide bonds. The predicted octanol–water partition coefficient (Wildman–Crippen LogP) is 4.44. The van der Waals surface area contributed by atoms with Crippen LogP contribution >= 0.6 is 15.9 Å². The Hall–Kier alpha value is -2.08. The van der Waals surface area contributed by atoms with Crippen LogP contribution in [0.5, 0.6) is 5.75 Å². The molecule has 3 rings (SSSR count). The van der Waals surface area contributed by atoms with E-state index in [1.807, 2.05) is 48.5 Å². The first-order valence-electron chi connectivity index (χ1n) is 8.10. The summed E-state index contributed by atoms with van der Waals surface area (Å²) in [6.07, 6.45) is 0.913. The first-order valence-corrected chi connectivity index (χ1v) is 8.89. The fraction of sp³-hybridized carbons (Fsp3) is 0.200. The third kappa shape index (κ3) is 5.19. The maximum Gasteiger partial charge on any atom is 0.134 e. The van der Waals surface area contributed by atoms with Gasteiger partial charge in [0, 0.05) is 13.1 Å². The second-order valence-electron chi connectivity index (χ2n) is 5.70. The van der Waals surface area contributed by atoms with Crippen LogP contribution in [0, 0.1) is 0 Å². The molecule has 0 bridgehead atoms. The number of ether oxygens (including phenoxy) is 1. The highest BCUT2D eigenvalue weighted by atomic mass is 79.9. The zero-order chi connectivity index (χ0) is 17.5. The van der Waals surface area contributed by atoms with Gasteiger partial charge in [0.2, 0.25) is 0 Å². The summed E-state index contributed by atoms with van der Waals surface area (Å²) >= 11 is 3.56. The second kappa shape index (κ2) is 8.85. The normalized spacial score (nSPS) is 12.1. The Balaban J connectivity index is 1.49. The molecule has 0 saturated carbocycles. The molecule has 2 aromatic carbocycles. The molecule has 0 saturated heterocycles. The van der Waals surface area contributed by atoms with Gasteiger partial charge in [-0.05, 0) is 51.3 Å². The number of hydrogen-bond donors (Lipinski definition) is 2. The Labute approximate surface area is 155 Å². The van der Waals surface area contributed by atoms with E-state index in [0.29, 0.717) is 25.5 Å². The molecule has 2 N–H and O–H groups in total. The zero-order valence-electron chi connectivity index (χ0n) is 13.7. The number of benzene rings is 2. The van der Waals surface area contributed by atoms with Crippen LogP contribution in [0.2, 0.25) is 0 Å². The highest BCUT2D eigenvalue weighted by Crippen LogP contribution is 2.27. The van der Waals surface area contributed by atoms with E-state index in [1.165, 1.54) is 0 Å². The Kier molecular flexibility index (Phi) is 6.28. The summed E-state index contributed by atoms with van der Waals surface area (Å²) in [5.41, 5.74) is 2.23. The van der Waals surface area contributed by atoms with E-state index in [2.05, 4.69) is 21.2 Å². The van der Waals surface area contributed by atoms with E-state index < -0.39 is 6.10 Å². The Morgan fingerprint density at radius 3 is 2.60 bits per heavy atom. The Morgan fingerprint density at radius 1 is 1.04 bits per heavy atom. The maximum absolute atomic E-state index is 9.98. The van der Waals surface area contributed by atoms with E-state index in [4.69, 9.17) is 9.15 Å². The second-order valence-corrected chi connectivity index (χ2v) is 6.56. The highest BCUT2D eigenvalue weighted by Gasteiger charge is 2.10. The van der Waals surface area contributed by atoms with E-state index in [-0.39, 0.29) is 0 Å². The standard InChI is InChI=1S/C20H20BrNO3/c21-17-11-16(12-22-13-18(23)20-7-4-10-24-20)8-9-19(17)25-14-15-5-2-1-3-6-15/h1-11,18,22-23H,12-14H2. The number of halogens is 1. The van der Waals surface area contributed by atoms with Crippen molar-refractivity contribution in [2.24, 2.45) is 0 Å². The minimum absolute atomic E-state index is 0.428. The number of furan rings is 1. The zero-order valence-corrected chi connectivity index (χ0v) is 15.3. The molecular formula is C20H20BrNO3. The maximum atomic E-state index is 9.98. The summed E-state index contributed by atoms with van der Waals surface area (Å²) in [5.74, 6) is 1.38. The van der Waals surface area contributed by atoms with Gasteiger partial charge in [-0.15, -0.1) is 0 Å². The molecule has 5 heteroatoms. The lowest BCUT2D eigenvalue weighted by molar-refractivity contribution is 0.147. The van der Waals surface area contributed by atoms with Gasteiger partial charge in [-0.1, -0.05) is 36.4 Å². The minimum atomic E-state index is -0.646. The summed E-state index contributed by atoms with van der Waals surface area (Å²) in [6, 6.07) is 19.6. The van der Waals surface area contributed by atoms with E-state index in [1.54, 1.807) is 18.4 Å². The van der Waals surface area contributed by atoms with Crippen molar-refractivity contribution in [3.63, 3.8) is 0 Å². The molecule has 1 heterocycles. The van der Waals surface area contributed by atoms with Gasteiger partial charge in [0.25, 0.3) is 0 Å². The van der Waals surface area contributed by atoms with Crippen molar-refractivity contribution in [2.45, 2.75) is 19.3 Å². The van der Waals surface area contributed by atoms with Crippen molar-refractivity contribution in [1.82, 2.24) is 5.32 Å². The number of aliphatic hydroxyl groups excluding tert-OH is 1. The van der Waals surface area contributed by atoms with Gasteiger partial charge in [-0.2, -0.15) is 0 Å². The molecule has 0 aliphatic heterocycles. The molecule has 1 unspecified atom stereocenters. The molecule has 25 heavy (non-hydrogen) atoms. The molecule has 1 aromatic heterocycles. The van der Waals surface area contributed by atoms with Gasteiger partial charge in [0.05, 0.1) is 10.7 Å². The van der Waals surface area contributed by atoms with E-state index in [9.17, 15) is 5.11 Å². The minimum Gasteiger partial charge on any atom is -0.488 e. The van der Waals surface area contributed by atoms with Gasteiger partial charge in [0.15, 0.2) is 0 Å². The molecule has 3 aromatic rings. The lowest BCUT2D eigenvalue weighted by atomic mass is 10.2. The average molecular weight is 402 g/mol. The van der Waals surface area contributed by atoms with Crippen LogP contribution in [-0.2, 0) is 13.2 Å². The monoisotopic (exact) mass is 401 g/mol. The smallest absolute Gasteiger partial charge is 0.134 e. The SMILES string of the molecule is OC(CNCc1ccc(OCc2ccccc2)c(Br)c1)c1ccco1. The average Bonchev–Trinajstić information content (AvgIpc) is 3.16. The number of nitrogens with one attached hydrogen (secondary N) is 1. The third-order valence-corrected chi connectivity index (χ3v) is 4.39. The topological polar surface area (TPSA) is 54.6 Å². The Bertz CT molecular complexity index is 775. The molecule has 4 nitrogen and oxygen atoms in total. The van der Waals surface area contributed by atoms with Gasteiger partial charge in [-0.3, -0.25) is 0 Å².